The van der Waals surface area contributed by atoms with Crippen molar-refractivity contribution >= 4 is 11.7 Å². The van der Waals surface area contributed by atoms with Crippen LogP contribution in [-0.4, -0.2) is 46.7 Å². The highest BCUT2D eigenvalue weighted by Crippen LogP contribution is 2.33. The zero-order valence-corrected chi connectivity index (χ0v) is 15.5. The molecule has 1 aliphatic rings. The van der Waals surface area contributed by atoms with Gasteiger partial charge >= 0.3 is 0 Å². The quantitative estimate of drug-likeness (QED) is 0.638. The summed E-state index contributed by atoms with van der Waals surface area (Å²) in [5.41, 5.74) is 0.477. The second-order valence-electron chi connectivity index (χ2n) is 6.26. The van der Waals surface area contributed by atoms with E-state index in [1.54, 1.807) is 18.2 Å². The lowest BCUT2D eigenvalue weighted by molar-refractivity contribution is 0.0944. The van der Waals surface area contributed by atoms with Gasteiger partial charge in [0.05, 0.1) is 5.56 Å². The fourth-order valence-corrected chi connectivity index (χ4v) is 2.98. The van der Waals surface area contributed by atoms with Crippen molar-refractivity contribution in [3.05, 3.63) is 60.2 Å². The summed E-state index contributed by atoms with van der Waals surface area (Å²) in [5.74, 6) is 3.08. The maximum absolute atomic E-state index is 12.5. The van der Waals surface area contributed by atoms with E-state index in [1.807, 2.05) is 42.1 Å². The van der Waals surface area contributed by atoms with Crippen LogP contribution < -0.4 is 20.1 Å². The first kappa shape index (κ1) is 17.8. The highest BCUT2D eigenvalue weighted by Gasteiger charge is 2.19. The summed E-state index contributed by atoms with van der Waals surface area (Å²) in [4.78, 5) is 21.3. The Hall–Kier alpha value is -3.55. The number of anilines is 1. The minimum absolute atomic E-state index is 0.198. The summed E-state index contributed by atoms with van der Waals surface area (Å²) in [5, 5.41) is 6.11. The molecular weight excluding hydrogens is 358 g/mol. The van der Waals surface area contributed by atoms with Gasteiger partial charge in [-0.15, -0.1) is 0 Å². The lowest BCUT2D eigenvalue weighted by atomic mass is 10.1. The number of hydrogen-bond acceptors (Lipinski definition) is 6. The maximum atomic E-state index is 12.5. The van der Waals surface area contributed by atoms with Crippen LogP contribution in [-0.2, 0) is 0 Å². The number of carbonyl (C=O) groups excluding carboxylic acids is 1. The van der Waals surface area contributed by atoms with E-state index in [0.717, 1.165) is 5.82 Å². The van der Waals surface area contributed by atoms with Crippen LogP contribution in [0.3, 0.4) is 0 Å². The largest absolute Gasteiger partial charge is 0.486 e. The third-order valence-electron chi connectivity index (χ3n) is 4.22. The first-order valence-electron chi connectivity index (χ1n) is 9.10. The van der Waals surface area contributed by atoms with Gasteiger partial charge in [-0.2, -0.15) is 0 Å². The Labute approximate surface area is 162 Å². The summed E-state index contributed by atoms with van der Waals surface area (Å²) in [6.45, 7) is 3.74. The summed E-state index contributed by atoms with van der Waals surface area (Å²) in [7, 11) is 0. The van der Waals surface area contributed by atoms with E-state index < -0.39 is 0 Å². The number of rotatable bonds is 6. The fourth-order valence-electron chi connectivity index (χ4n) is 2.98. The second-order valence-corrected chi connectivity index (χ2v) is 6.26. The van der Waals surface area contributed by atoms with E-state index in [-0.39, 0.29) is 5.91 Å². The van der Waals surface area contributed by atoms with Gasteiger partial charge in [0.25, 0.3) is 5.91 Å². The Balaban J connectivity index is 1.35. The molecule has 8 heteroatoms. The normalized spacial score (nSPS) is 12.5. The molecule has 0 bridgehead atoms. The number of benzene rings is 1. The van der Waals surface area contributed by atoms with Crippen LogP contribution >= 0.6 is 0 Å². The lowest BCUT2D eigenvalue weighted by Gasteiger charge is -2.20. The maximum Gasteiger partial charge on any atom is 0.255 e. The third kappa shape index (κ3) is 3.90. The molecule has 0 fully saturated rings. The third-order valence-corrected chi connectivity index (χ3v) is 4.22. The summed E-state index contributed by atoms with van der Waals surface area (Å²) < 4.78 is 13.0. The van der Waals surface area contributed by atoms with Gasteiger partial charge in [-0.1, -0.05) is 6.07 Å². The van der Waals surface area contributed by atoms with E-state index in [0.29, 0.717) is 55.0 Å². The molecule has 144 valence electrons. The van der Waals surface area contributed by atoms with Crippen LogP contribution in [0.1, 0.15) is 16.2 Å². The fraction of sp³-hybridized carbons (Fsp3) is 0.250. The SMILES string of the molecule is Cc1nc(NCCNC(=O)c2cccc3c2OCCO3)cc(-n2cccc2)n1. The zero-order chi connectivity index (χ0) is 19.3. The van der Waals surface area contributed by atoms with E-state index in [4.69, 9.17) is 9.47 Å². The van der Waals surface area contributed by atoms with E-state index in [2.05, 4.69) is 20.6 Å². The van der Waals surface area contributed by atoms with Gasteiger partial charge in [-0.25, -0.2) is 9.97 Å². The number of amides is 1. The topological polar surface area (TPSA) is 90.3 Å². The predicted molar refractivity (Wildman–Crippen MR) is 104 cm³/mol. The Bertz CT molecular complexity index is 972. The molecule has 4 rings (SSSR count). The van der Waals surface area contributed by atoms with Crippen molar-refractivity contribution in [2.24, 2.45) is 0 Å². The minimum Gasteiger partial charge on any atom is -0.486 e. The number of aromatic nitrogens is 3. The number of para-hydroxylation sites is 1. The Kier molecular flexibility index (Phi) is 5.09. The zero-order valence-electron chi connectivity index (χ0n) is 15.5. The molecule has 0 saturated heterocycles. The molecule has 0 spiro atoms. The van der Waals surface area contributed by atoms with Crippen molar-refractivity contribution < 1.29 is 14.3 Å². The molecule has 0 saturated carbocycles. The average Bonchev–Trinajstić information content (AvgIpc) is 3.25. The van der Waals surface area contributed by atoms with Crippen molar-refractivity contribution in [1.82, 2.24) is 19.9 Å². The molecule has 0 atom stereocenters. The monoisotopic (exact) mass is 379 g/mol. The molecule has 1 aromatic carbocycles. The lowest BCUT2D eigenvalue weighted by Crippen LogP contribution is -2.30. The molecule has 1 amide bonds. The summed E-state index contributed by atoms with van der Waals surface area (Å²) in [6.07, 6.45) is 3.86. The molecular formula is C20H21N5O3. The number of nitrogens with one attached hydrogen (secondary N) is 2. The van der Waals surface area contributed by atoms with Gasteiger partial charge in [-0.05, 0) is 31.2 Å². The van der Waals surface area contributed by atoms with Gasteiger partial charge in [0.2, 0.25) is 0 Å². The van der Waals surface area contributed by atoms with Crippen LogP contribution in [0.5, 0.6) is 11.5 Å². The molecule has 3 heterocycles. The van der Waals surface area contributed by atoms with E-state index >= 15 is 0 Å². The van der Waals surface area contributed by atoms with Crippen LogP contribution in [0.25, 0.3) is 5.82 Å². The molecule has 1 aliphatic heterocycles. The van der Waals surface area contributed by atoms with Gasteiger partial charge < -0.3 is 24.7 Å². The molecule has 3 aromatic rings. The minimum atomic E-state index is -0.198. The number of carbonyl (C=O) groups is 1. The first-order chi connectivity index (χ1) is 13.7. The van der Waals surface area contributed by atoms with Crippen LogP contribution in [0.2, 0.25) is 0 Å². The van der Waals surface area contributed by atoms with E-state index in [1.165, 1.54) is 0 Å². The average molecular weight is 379 g/mol. The molecule has 0 aliphatic carbocycles. The summed E-state index contributed by atoms with van der Waals surface area (Å²) in [6, 6.07) is 11.1. The number of aryl methyl sites for hydroxylation is 1. The molecule has 2 aromatic heterocycles. The number of hydrogen-bond donors (Lipinski definition) is 2. The molecule has 28 heavy (non-hydrogen) atoms. The van der Waals surface area contributed by atoms with Gasteiger partial charge in [-0.3, -0.25) is 4.79 Å². The highest BCUT2D eigenvalue weighted by atomic mass is 16.6. The van der Waals surface area contributed by atoms with Gasteiger partial charge in [0.1, 0.15) is 30.7 Å². The van der Waals surface area contributed by atoms with Crippen LogP contribution in [0.4, 0.5) is 5.82 Å². The Morgan fingerprint density at radius 1 is 1.11 bits per heavy atom. The highest BCUT2D eigenvalue weighted by molar-refractivity contribution is 5.97. The molecule has 0 radical (unpaired) electrons. The van der Waals surface area contributed by atoms with Crippen molar-refractivity contribution in [1.29, 1.82) is 0 Å². The van der Waals surface area contributed by atoms with Crippen LogP contribution in [0.15, 0.2) is 48.8 Å². The second kappa shape index (κ2) is 7.99. The molecule has 0 unspecified atom stereocenters. The van der Waals surface area contributed by atoms with Gasteiger partial charge in [0.15, 0.2) is 11.5 Å². The molecule has 8 nitrogen and oxygen atoms in total. The Morgan fingerprint density at radius 3 is 2.79 bits per heavy atom. The number of ether oxygens (including phenoxy) is 2. The first-order valence-corrected chi connectivity index (χ1v) is 9.10. The standard InChI is InChI=1S/C20H21N5O3/c1-14-23-17(13-18(24-14)25-9-2-3-10-25)21-7-8-22-20(26)15-5-4-6-16-19(15)28-12-11-27-16/h2-6,9-10,13H,7-8,11-12H2,1H3,(H,22,26)(H,21,23,24). The number of fused-ring (bicyclic) bond motifs is 1. The number of nitrogens with zero attached hydrogens (tertiary/aromatic N) is 3. The smallest absolute Gasteiger partial charge is 0.255 e. The van der Waals surface area contributed by atoms with Crippen molar-refractivity contribution in [3.63, 3.8) is 0 Å². The predicted octanol–water partition coefficient (Wildman–Crippen LogP) is 2.19. The molecule has 2 N–H and O–H groups in total. The van der Waals surface area contributed by atoms with E-state index in [9.17, 15) is 4.79 Å². The Morgan fingerprint density at radius 2 is 1.93 bits per heavy atom. The summed E-state index contributed by atoms with van der Waals surface area (Å²) >= 11 is 0. The van der Waals surface area contributed by atoms with Crippen molar-refractivity contribution in [2.75, 3.05) is 31.6 Å². The van der Waals surface area contributed by atoms with Gasteiger partial charge in [0, 0.05) is 31.5 Å². The van der Waals surface area contributed by atoms with Crippen molar-refractivity contribution in [3.8, 4) is 17.3 Å². The van der Waals surface area contributed by atoms with Crippen LogP contribution in [0, 0.1) is 6.92 Å². The van der Waals surface area contributed by atoms with Crippen molar-refractivity contribution in [2.45, 2.75) is 6.92 Å².